The quantitative estimate of drug-likeness (QED) is 0.743. The SMILES string of the molecule is Clc1cnccc1/C=C/N1CCCC1. The van der Waals surface area contributed by atoms with E-state index in [0.29, 0.717) is 5.02 Å². The third-order valence-electron chi connectivity index (χ3n) is 2.41. The molecule has 74 valence electrons. The second kappa shape index (κ2) is 4.47. The van der Waals surface area contributed by atoms with Crippen LogP contribution < -0.4 is 0 Å². The van der Waals surface area contributed by atoms with Gasteiger partial charge >= 0.3 is 0 Å². The lowest BCUT2D eigenvalue weighted by atomic mass is 10.2. The van der Waals surface area contributed by atoms with E-state index in [0.717, 1.165) is 5.56 Å². The first-order valence-corrected chi connectivity index (χ1v) is 5.26. The maximum atomic E-state index is 5.98. The van der Waals surface area contributed by atoms with E-state index in [4.69, 9.17) is 11.6 Å². The third kappa shape index (κ3) is 2.26. The maximum Gasteiger partial charge on any atom is 0.0662 e. The zero-order chi connectivity index (χ0) is 9.80. The molecule has 0 radical (unpaired) electrons. The van der Waals surface area contributed by atoms with Crippen LogP contribution in [0.2, 0.25) is 5.02 Å². The first-order valence-electron chi connectivity index (χ1n) is 4.88. The van der Waals surface area contributed by atoms with Crippen molar-refractivity contribution in [2.75, 3.05) is 13.1 Å². The molecule has 1 saturated heterocycles. The summed E-state index contributed by atoms with van der Waals surface area (Å²) in [6, 6.07) is 1.93. The Morgan fingerprint density at radius 3 is 2.86 bits per heavy atom. The molecule has 3 heteroatoms. The van der Waals surface area contributed by atoms with Crippen LogP contribution >= 0.6 is 11.6 Å². The molecular weight excluding hydrogens is 196 g/mol. The van der Waals surface area contributed by atoms with Gasteiger partial charge in [-0.25, -0.2) is 0 Å². The standard InChI is InChI=1S/C11H13ClN2/c12-11-9-13-5-3-10(11)4-8-14-6-1-2-7-14/h3-5,8-9H,1-2,6-7H2/b8-4+. The summed E-state index contributed by atoms with van der Waals surface area (Å²) in [6.07, 6.45) is 10.2. The van der Waals surface area contributed by atoms with Gasteiger partial charge in [-0.15, -0.1) is 0 Å². The van der Waals surface area contributed by atoms with E-state index in [2.05, 4.69) is 22.2 Å². The van der Waals surface area contributed by atoms with Gasteiger partial charge in [0.15, 0.2) is 0 Å². The minimum absolute atomic E-state index is 0.711. The zero-order valence-electron chi connectivity index (χ0n) is 7.99. The minimum atomic E-state index is 0.711. The normalized spacial score (nSPS) is 16.8. The number of pyridine rings is 1. The molecule has 0 unspecified atom stereocenters. The van der Waals surface area contributed by atoms with Crippen LogP contribution in [0.4, 0.5) is 0 Å². The fourth-order valence-electron chi connectivity index (χ4n) is 1.60. The zero-order valence-corrected chi connectivity index (χ0v) is 8.74. The summed E-state index contributed by atoms with van der Waals surface area (Å²) < 4.78 is 0. The van der Waals surface area contributed by atoms with Crippen molar-refractivity contribution in [3.63, 3.8) is 0 Å². The van der Waals surface area contributed by atoms with Gasteiger partial charge in [0.05, 0.1) is 5.02 Å². The molecule has 0 N–H and O–H groups in total. The molecule has 2 rings (SSSR count). The van der Waals surface area contributed by atoms with Gasteiger partial charge in [0.25, 0.3) is 0 Å². The predicted molar refractivity (Wildman–Crippen MR) is 59.1 cm³/mol. The van der Waals surface area contributed by atoms with Crippen LogP contribution in [0, 0.1) is 0 Å². The van der Waals surface area contributed by atoms with E-state index in [9.17, 15) is 0 Å². The van der Waals surface area contributed by atoms with Crippen molar-refractivity contribution in [2.24, 2.45) is 0 Å². The molecule has 1 aromatic rings. The van der Waals surface area contributed by atoms with Gasteiger partial charge < -0.3 is 4.90 Å². The number of hydrogen-bond donors (Lipinski definition) is 0. The molecule has 1 fully saturated rings. The van der Waals surface area contributed by atoms with Crippen molar-refractivity contribution >= 4 is 17.7 Å². The van der Waals surface area contributed by atoms with Gasteiger partial charge in [0.1, 0.15) is 0 Å². The van der Waals surface area contributed by atoms with Crippen molar-refractivity contribution in [3.05, 3.63) is 35.2 Å². The number of halogens is 1. The first-order chi connectivity index (χ1) is 6.86. The summed E-state index contributed by atoms with van der Waals surface area (Å²) >= 11 is 5.98. The molecule has 2 nitrogen and oxygen atoms in total. The number of rotatable bonds is 2. The fourth-order valence-corrected chi connectivity index (χ4v) is 1.78. The van der Waals surface area contributed by atoms with Crippen LogP contribution in [0.15, 0.2) is 24.7 Å². The summed E-state index contributed by atoms with van der Waals surface area (Å²) in [5, 5.41) is 0.711. The molecule has 1 aliphatic rings. The Kier molecular flexibility index (Phi) is 3.04. The molecule has 1 aromatic heterocycles. The molecule has 14 heavy (non-hydrogen) atoms. The molecule has 2 heterocycles. The fraction of sp³-hybridized carbons (Fsp3) is 0.364. The Hall–Kier alpha value is -1.02. The topological polar surface area (TPSA) is 16.1 Å². The van der Waals surface area contributed by atoms with E-state index in [1.165, 1.54) is 25.9 Å². The lowest BCUT2D eigenvalue weighted by Crippen LogP contribution is -2.09. The van der Waals surface area contributed by atoms with Gasteiger partial charge in [-0.05, 0) is 36.7 Å². The summed E-state index contributed by atoms with van der Waals surface area (Å²) in [6.45, 7) is 2.33. The van der Waals surface area contributed by atoms with Crippen LogP contribution in [-0.4, -0.2) is 23.0 Å². The lowest BCUT2D eigenvalue weighted by molar-refractivity contribution is 0.471. The average Bonchev–Trinajstić information content (AvgIpc) is 2.69. The summed E-state index contributed by atoms with van der Waals surface area (Å²) in [7, 11) is 0. The Labute approximate surface area is 89.2 Å². The van der Waals surface area contributed by atoms with Gasteiger partial charge in [0.2, 0.25) is 0 Å². The van der Waals surface area contributed by atoms with Crippen molar-refractivity contribution in [3.8, 4) is 0 Å². The highest BCUT2D eigenvalue weighted by Gasteiger charge is 2.06. The second-order valence-corrected chi connectivity index (χ2v) is 3.86. The highest BCUT2D eigenvalue weighted by molar-refractivity contribution is 6.31. The van der Waals surface area contributed by atoms with Crippen LogP contribution in [0.25, 0.3) is 6.08 Å². The third-order valence-corrected chi connectivity index (χ3v) is 2.73. The lowest BCUT2D eigenvalue weighted by Gasteiger charge is -2.10. The number of nitrogens with zero attached hydrogens (tertiary/aromatic N) is 2. The Balaban J connectivity index is 2.06. The van der Waals surface area contributed by atoms with Crippen LogP contribution in [0.1, 0.15) is 18.4 Å². The van der Waals surface area contributed by atoms with Crippen molar-refractivity contribution < 1.29 is 0 Å². The number of aromatic nitrogens is 1. The molecule has 0 spiro atoms. The highest BCUT2D eigenvalue weighted by Crippen LogP contribution is 2.16. The number of hydrogen-bond acceptors (Lipinski definition) is 2. The van der Waals surface area contributed by atoms with Gasteiger partial charge in [-0.2, -0.15) is 0 Å². The summed E-state index contributed by atoms with van der Waals surface area (Å²) in [5.74, 6) is 0. The number of likely N-dealkylation sites (tertiary alicyclic amines) is 1. The average molecular weight is 209 g/mol. The maximum absolute atomic E-state index is 5.98. The van der Waals surface area contributed by atoms with Crippen LogP contribution in [0.3, 0.4) is 0 Å². The molecule has 0 atom stereocenters. The van der Waals surface area contributed by atoms with Crippen molar-refractivity contribution in [2.45, 2.75) is 12.8 Å². The molecular formula is C11H13ClN2. The van der Waals surface area contributed by atoms with Crippen LogP contribution in [-0.2, 0) is 0 Å². The van der Waals surface area contributed by atoms with E-state index in [-0.39, 0.29) is 0 Å². The predicted octanol–water partition coefficient (Wildman–Crippen LogP) is 2.80. The van der Waals surface area contributed by atoms with E-state index in [1.807, 2.05) is 6.07 Å². The molecule has 1 aliphatic heterocycles. The Bertz CT molecular complexity index is 330. The van der Waals surface area contributed by atoms with Crippen LogP contribution in [0.5, 0.6) is 0 Å². The highest BCUT2D eigenvalue weighted by atomic mass is 35.5. The van der Waals surface area contributed by atoms with Gasteiger partial charge in [0, 0.05) is 25.5 Å². The molecule has 0 bridgehead atoms. The van der Waals surface area contributed by atoms with E-state index in [1.54, 1.807) is 12.4 Å². The minimum Gasteiger partial charge on any atom is -0.377 e. The van der Waals surface area contributed by atoms with E-state index < -0.39 is 0 Å². The monoisotopic (exact) mass is 208 g/mol. The summed E-state index contributed by atoms with van der Waals surface area (Å²) in [4.78, 5) is 6.26. The molecule has 0 aliphatic carbocycles. The first kappa shape index (κ1) is 9.53. The molecule has 0 amide bonds. The van der Waals surface area contributed by atoms with Gasteiger partial charge in [-0.3, -0.25) is 4.98 Å². The van der Waals surface area contributed by atoms with Crippen molar-refractivity contribution in [1.29, 1.82) is 0 Å². The second-order valence-electron chi connectivity index (χ2n) is 3.46. The Morgan fingerprint density at radius 2 is 2.14 bits per heavy atom. The van der Waals surface area contributed by atoms with E-state index >= 15 is 0 Å². The summed E-state index contributed by atoms with van der Waals surface area (Å²) in [5.41, 5.74) is 1.04. The smallest absolute Gasteiger partial charge is 0.0662 e. The van der Waals surface area contributed by atoms with Crippen molar-refractivity contribution in [1.82, 2.24) is 9.88 Å². The molecule has 0 saturated carbocycles. The largest absolute Gasteiger partial charge is 0.377 e. The van der Waals surface area contributed by atoms with Gasteiger partial charge in [-0.1, -0.05) is 11.6 Å². The molecule has 0 aromatic carbocycles. The Morgan fingerprint density at radius 1 is 1.36 bits per heavy atom.